The van der Waals surface area contributed by atoms with Crippen molar-refractivity contribution < 1.29 is 21.2 Å². The highest BCUT2D eigenvalue weighted by Crippen LogP contribution is 2.20. The van der Waals surface area contributed by atoms with E-state index in [9.17, 15) is 21.2 Å². The topological polar surface area (TPSA) is 106 Å². The van der Waals surface area contributed by atoms with Crippen molar-refractivity contribution in [1.29, 1.82) is 0 Å². The minimum Gasteiger partial charge on any atom is -0.224 e. The molecule has 3 N–H and O–H groups in total. The number of hydrogen-bond acceptors (Lipinski definition) is 5. The van der Waals surface area contributed by atoms with Gasteiger partial charge in [0.1, 0.15) is 10.0 Å². The van der Waals surface area contributed by atoms with Crippen LogP contribution in [0, 0.1) is 5.82 Å². The van der Waals surface area contributed by atoms with Crippen molar-refractivity contribution in [3.63, 3.8) is 0 Å². The number of rotatable bonds is 5. The Morgan fingerprint density at radius 2 is 1.86 bits per heavy atom. The van der Waals surface area contributed by atoms with Gasteiger partial charge < -0.3 is 0 Å². The summed E-state index contributed by atoms with van der Waals surface area (Å²) < 4.78 is 61.4. The first-order valence-corrected chi connectivity index (χ1v) is 9.40. The highest BCUT2D eigenvalue weighted by Gasteiger charge is 2.16. The highest BCUT2D eigenvalue weighted by molar-refractivity contribution is 7.91. The van der Waals surface area contributed by atoms with Crippen LogP contribution in [0.4, 0.5) is 4.39 Å². The molecule has 0 saturated heterocycles. The Labute approximate surface area is 125 Å². The summed E-state index contributed by atoms with van der Waals surface area (Å²) in [6.07, 6.45) is 0. The van der Waals surface area contributed by atoms with Crippen LogP contribution in [0.15, 0.2) is 45.5 Å². The van der Waals surface area contributed by atoms with Gasteiger partial charge in [-0.15, -0.1) is 11.3 Å². The third kappa shape index (κ3) is 4.08. The van der Waals surface area contributed by atoms with Crippen molar-refractivity contribution in [3.05, 3.63) is 47.1 Å². The van der Waals surface area contributed by atoms with Crippen molar-refractivity contribution in [3.8, 4) is 0 Å². The Kier molecular flexibility index (Phi) is 4.44. The number of hydrogen-bond donors (Lipinski definition) is 2. The van der Waals surface area contributed by atoms with E-state index in [2.05, 4.69) is 4.72 Å². The van der Waals surface area contributed by atoms with E-state index in [1.54, 1.807) is 0 Å². The normalized spacial score (nSPS) is 12.5. The quantitative estimate of drug-likeness (QED) is 0.839. The summed E-state index contributed by atoms with van der Waals surface area (Å²) in [5.74, 6) is -0.662. The molecule has 0 bridgehead atoms. The number of halogens is 1. The molecule has 21 heavy (non-hydrogen) atoms. The maximum atomic E-state index is 13.0. The van der Waals surface area contributed by atoms with Gasteiger partial charge in [0.15, 0.2) is 0 Å². The molecular formula is C11H11FN2O4S3. The largest absolute Gasteiger partial charge is 0.247 e. The first kappa shape index (κ1) is 16.0. The summed E-state index contributed by atoms with van der Waals surface area (Å²) in [4.78, 5) is 0.268. The SMILES string of the molecule is NS(=O)(=O)c1ccc(CNS(=O)(=O)c2cccc(F)c2)s1. The molecular weight excluding hydrogens is 339 g/mol. The van der Waals surface area contributed by atoms with Gasteiger partial charge in [0, 0.05) is 11.4 Å². The molecule has 0 amide bonds. The van der Waals surface area contributed by atoms with Crippen molar-refractivity contribution in [2.75, 3.05) is 0 Å². The maximum Gasteiger partial charge on any atom is 0.247 e. The van der Waals surface area contributed by atoms with Crippen LogP contribution in [-0.4, -0.2) is 16.8 Å². The van der Waals surface area contributed by atoms with E-state index in [-0.39, 0.29) is 15.6 Å². The molecule has 1 aromatic carbocycles. The molecule has 0 aliphatic heterocycles. The standard InChI is InChI=1S/C11H11FN2O4S3/c12-8-2-1-3-10(6-8)21(17,18)14-7-9-4-5-11(19-9)20(13,15)16/h1-6,14H,7H2,(H2,13,15,16). The number of nitrogens with two attached hydrogens (primary N) is 1. The smallest absolute Gasteiger partial charge is 0.224 e. The zero-order valence-electron chi connectivity index (χ0n) is 10.5. The zero-order valence-corrected chi connectivity index (χ0v) is 12.9. The van der Waals surface area contributed by atoms with Crippen molar-refractivity contribution in [2.24, 2.45) is 5.14 Å². The Bertz CT molecular complexity index is 859. The predicted molar refractivity (Wildman–Crippen MR) is 76.1 cm³/mol. The lowest BCUT2D eigenvalue weighted by Gasteiger charge is -2.05. The Balaban J connectivity index is 2.14. The van der Waals surface area contributed by atoms with Gasteiger partial charge in [-0.3, -0.25) is 0 Å². The number of primary sulfonamides is 1. The van der Waals surface area contributed by atoms with E-state index in [0.717, 1.165) is 23.5 Å². The molecule has 0 saturated carbocycles. The van der Waals surface area contributed by atoms with E-state index in [1.807, 2.05) is 0 Å². The van der Waals surface area contributed by atoms with E-state index in [0.29, 0.717) is 4.88 Å². The first-order chi connectivity index (χ1) is 9.68. The van der Waals surface area contributed by atoms with Gasteiger partial charge in [-0.05, 0) is 30.3 Å². The van der Waals surface area contributed by atoms with Crippen LogP contribution >= 0.6 is 11.3 Å². The monoisotopic (exact) mass is 350 g/mol. The average molecular weight is 350 g/mol. The van der Waals surface area contributed by atoms with Crippen molar-refractivity contribution in [2.45, 2.75) is 15.6 Å². The summed E-state index contributed by atoms with van der Waals surface area (Å²) >= 11 is 0.865. The molecule has 0 aliphatic carbocycles. The van der Waals surface area contributed by atoms with Gasteiger partial charge in [0.05, 0.1) is 4.90 Å². The molecule has 0 atom stereocenters. The molecule has 0 radical (unpaired) electrons. The van der Waals surface area contributed by atoms with E-state index < -0.39 is 25.9 Å². The second kappa shape index (κ2) is 5.81. The minimum absolute atomic E-state index is 0.0533. The lowest BCUT2D eigenvalue weighted by atomic mass is 10.4. The lowest BCUT2D eigenvalue weighted by molar-refractivity contribution is 0.578. The van der Waals surface area contributed by atoms with Gasteiger partial charge >= 0.3 is 0 Å². The van der Waals surface area contributed by atoms with Gasteiger partial charge in [0.25, 0.3) is 0 Å². The molecule has 114 valence electrons. The van der Waals surface area contributed by atoms with Crippen LogP contribution < -0.4 is 9.86 Å². The van der Waals surface area contributed by atoms with Crippen molar-refractivity contribution >= 4 is 31.4 Å². The van der Waals surface area contributed by atoms with Crippen molar-refractivity contribution in [1.82, 2.24) is 4.72 Å². The Morgan fingerprint density at radius 1 is 1.14 bits per heavy atom. The van der Waals surface area contributed by atoms with Crippen LogP contribution in [0.25, 0.3) is 0 Å². The lowest BCUT2D eigenvalue weighted by Crippen LogP contribution is -2.22. The number of nitrogens with one attached hydrogen (secondary N) is 1. The van der Waals surface area contributed by atoms with Crippen LogP contribution in [0.2, 0.25) is 0 Å². The molecule has 1 heterocycles. The fourth-order valence-corrected chi connectivity index (χ4v) is 4.34. The summed E-state index contributed by atoms with van der Waals surface area (Å²) in [7, 11) is -7.67. The molecule has 0 spiro atoms. The zero-order chi connectivity index (χ0) is 15.7. The van der Waals surface area contributed by atoms with E-state index >= 15 is 0 Å². The average Bonchev–Trinajstić information content (AvgIpc) is 2.85. The van der Waals surface area contributed by atoms with Gasteiger partial charge in [-0.1, -0.05) is 6.07 Å². The number of thiophene rings is 1. The number of benzene rings is 1. The fourth-order valence-electron chi connectivity index (χ4n) is 1.49. The molecule has 0 unspecified atom stereocenters. The second-order valence-corrected chi connectivity index (χ2v) is 8.77. The van der Waals surface area contributed by atoms with Gasteiger partial charge in [0.2, 0.25) is 20.0 Å². The molecule has 2 aromatic rings. The highest BCUT2D eigenvalue weighted by atomic mass is 32.2. The molecule has 6 nitrogen and oxygen atoms in total. The summed E-state index contributed by atoms with van der Waals surface area (Å²) in [5, 5.41) is 4.96. The fraction of sp³-hybridized carbons (Fsp3) is 0.0909. The minimum atomic E-state index is -3.87. The summed E-state index contributed by atoms with van der Waals surface area (Å²) in [6.45, 7) is -0.112. The van der Waals surface area contributed by atoms with Crippen LogP contribution in [0.5, 0.6) is 0 Å². The second-order valence-electron chi connectivity index (χ2n) is 4.05. The molecule has 1 aromatic heterocycles. The Hall–Kier alpha value is -1.33. The molecule has 0 fully saturated rings. The van der Waals surface area contributed by atoms with E-state index in [4.69, 9.17) is 5.14 Å². The maximum absolute atomic E-state index is 13.0. The van der Waals surface area contributed by atoms with Gasteiger partial charge in [-0.2, -0.15) is 0 Å². The number of sulfonamides is 2. The molecule has 10 heteroatoms. The molecule has 2 rings (SSSR count). The van der Waals surface area contributed by atoms with Gasteiger partial charge in [-0.25, -0.2) is 31.1 Å². The van der Waals surface area contributed by atoms with Crippen LogP contribution in [0.1, 0.15) is 4.88 Å². The Morgan fingerprint density at radius 3 is 2.43 bits per heavy atom. The molecule has 0 aliphatic rings. The van der Waals surface area contributed by atoms with Crippen LogP contribution in [0.3, 0.4) is 0 Å². The summed E-state index contributed by atoms with van der Waals surface area (Å²) in [6, 6.07) is 7.33. The van der Waals surface area contributed by atoms with Crippen LogP contribution in [-0.2, 0) is 26.6 Å². The summed E-state index contributed by atoms with van der Waals surface area (Å²) in [5.41, 5.74) is 0. The third-order valence-electron chi connectivity index (χ3n) is 2.46. The van der Waals surface area contributed by atoms with E-state index in [1.165, 1.54) is 24.3 Å². The third-order valence-corrected chi connectivity index (χ3v) is 6.38. The first-order valence-electron chi connectivity index (χ1n) is 5.55. The predicted octanol–water partition coefficient (Wildman–Crippen LogP) is 1.01.